The molecule has 31 heavy (non-hydrogen) atoms. The van der Waals surface area contributed by atoms with Gasteiger partial charge in [-0.2, -0.15) is 0 Å². The molecule has 2 aromatic heterocycles. The average Bonchev–Trinajstić information content (AvgIpc) is 3.26. The summed E-state index contributed by atoms with van der Waals surface area (Å²) in [5.41, 5.74) is 3.61. The Balaban J connectivity index is 1.68. The van der Waals surface area contributed by atoms with Gasteiger partial charge < -0.3 is 4.52 Å². The fourth-order valence-corrected chi connectivity index (χ4v) is 4.74. The molecule has 0 saturated carbocycles. The Bertz CT molecular complexity index is 1290. The molecule has 0 aliphatic rings. The third kappa shape index (κ3) is 4.21. The lowest BCUT2D eigenvalue weighted by molar-refractivity contribution is 0.102. The van der Waals surface area contributed by atoms with Gasteiger partial charge >= 0.3 is 0 Å². The van der Waals surface area contributed by atoms with Crippen LogP contribution in [-0.2, 0) is 0 Å². The van der Waals surface area contributed by atoms with Gasteiger partial charge in [-0.15, -0.1) is 11.3 Å². The number of hydrogen-bond donors (Lipinski definition) is 1. The van der Waals surface area contributed by atoms with E-state index < -0.39 is 5.91 Å². The number of halogens is 3. The van der Waals surface area contributed by atoms with Gasteiger partial charge in [-0.05, 0) is 44.5 Å². The van der Waals surface area contributed by atoms with Gasteiger partial charge in [0, 0.05) is 21.0 Å². The maximum Gasteiger partial charge on any atom is 0.263 e. The molecule has 5 nitrogen and oxygen atoms in total. The monoisotopic (exact) mass is 491 g/mol. The molecule has 0 bridgehead atoms. The summed E-state index contributed by atoms with van der Waals surface area (Å²) < 4.78 is 5.28. The molecule has 158 valence electrons. The molecular formula is C22H16Cl3N3O2S. The number of thiazole rings is 1. The minimum absolute atomic E-state index is 0.253. The maximum atomic E-state index is 13.1. The largest absolute Gasteiger partial charge is 0.360 e. The minimum atomic E-state index is -0.410. The van der Waals surface area contributed by atoms with Gasteiger partial charge in [0.15, 0.2) is 5.13 Å². The van der Waals surface area contributed by atoms with E-state index in [9.17, 15) is 4.79 Å². The van der Waals surface area contributed by atoms with Gasteiger partial charge in [-0.25, -0.2) is 4.98 Å². The van der Waals surface area contributed by atoms with Crippen molar-refractivity contribution < 1.29 is 9.32 Å². The van der Waals surface area contributed by atoms with Crippen molar-refractivity contribution >= 4 is 57.2 Å². The number of carbonyl (C=O) groups excluding carboxylic acids is 1. The maximum absolute atomic E-state index is 13.1. The molecule has 1 N–H and O–H groups in total. The number of nitrogens with zero attached hydrogens (tertiary/aromatic N) is 2. The first-order valence-electron chi connectivity index (χ1n) is 9.22. The highest BCUT2D eigenvalue weighted by molar-refractivity contribution is 7.16. The van der Waals surface area contributed by atoms with E-state index in [2.05, 4.69) is 15.5 Å². The number of hydrogen-bond acceptors (Lipinski definition) is 5. The second kappa shape index (κ2) is 8.63. The number of nitrogens with one attached hydrogen (secondary N) is 1. The number of benzene rings is 2. The summed E-state index contributed by atoms with van der Waals surface area (Å²) in [5.74, 6) is -0.0609. The van der Waals surface area contributed by atoms with Crippen LogP contribution < -0.4 is 5.32 Å². The van der Waals surface area contributed by atoms with Gasteiger partial charge in [0.2, 0.25) is 0 Å². The van der Waals surface area contributed by atoms with E-state index in [1.165, 1.54) is 11.3 Å². The van der Waals surface area contributed by atoms with E-state index in [1.54, 1.807) is 25.1 Å². The van der Waals surface area contributed by atoms with Crippen LogP contribution >= 0.6 is 46.1 Å². The summed E-state index contributed by atoms with van der Waals surface area (Å²) in [5, 5.41) is 8.72. The Morgan fingerprint density at radius 1 is 1.00 bits per heavy atom. The molecule has 9 heteroatoms. The van der Waals surface area contributed by atoms with E-state index in [1.807, 2.05) is 32.0 Å². The molecule has 0 fully saturated rings. The number of aryl methyl sites for hydroxylation is 3. The van der Waals surface area contributed by atoms with Crippen LogP contribution in [0.2, 0.25) is 15.1 Å². The first-order chi connectivity index (χ1) is 14.8. The van der Waals surface area contributed by atoms with Crippen molar-refractivity contribution in [2.45, 2.75) is 20.8 Å². The van der Waals surface area contributed by atoms with Crippen LogP contribution in [0.5, 0.6) is 0 Å². The summed E-state index contributed by atoms with van der Waals surface area (Å²) in [7, 11) is 0. The SMILES string of the molecule is Cc1ccc(-c2nc(NC(=O)c3c(-c4c(Cl)cccc4Cl)noc3C)sc2C)cc1Cl. The standard InChI is InChI=1S/C22H16Cl3N3O2S/c1-10-7-8-13(9-16(10)25)19-12(3)31-22(26-19)27-21(29)17-11(2)30-28-20(17)18-14(23)5-4-6-15(18)24/h4-9H,1-3H3,(H,26,27,29). The van der Waals surface area contributed by atoms with Crippen molar-refractivity contribution in [3.63, 3.8) is 0 Å². The predicted molar refractivity (Wildman–Crippen MR) is 127 cm³/mol. The van der Waals surface area contributed by atoms with E-state index in [0.717, 1.165) is 21.7 Å². The first kappa shape index (κ1) is 21.8. The molecule has 0 radical (unpaired) electrons. The number of carbonyl (C=O) groups is 1. The van der Waals surface area contributed by atoms with Crippen molar-refractivity contribution in [2.24, 2.45) is 0 Å². The molecule has 2 heterocycles. The average molecular weight is 493 g/mol. The summed E-state index contributed by atoms with van der Waals surface area (Å²) in [6, 6.07) is 10.8. The molecule has 0 aliphatic carbocycles. The Labute approximate surface area is 198 Å². The summed E-state index contributed by atoms with van der Waals surface area (Å²) in [6.07, 6.45) is 0. The minimum Gasteiger partial charge on any atom is -0.360 e. The van der Waals surface area contributed by atoms with Gasteiger partial charge in [0.1, 0.15) is 17.0 Å². The van der Waals surface area contributed by atoms with Gasteiger partial charge in [-0.1, -0.05) is 58.2 Å². The summed E-state index contributed by atoms with van der Waals surface area (Å²) in [4.78, 5) is 18.7. The van der Waals surface area contributed by atoms with Crippen molar-refractivity contribution in [1.29, 1.82) is 0 Å². The lowest BCUT2D eigenvalue weighted by atomic mass is 10.1. The van der Waals surface area contributed by atoms with Crippen molar-refractivity contribution in [2.75, 3.05) is 5.32 Å². The molecule has 0 unspecified atom stereocenters. The van der Waals surface area contributed by atoms with Gasteiger partial charge in [0.25, 0.3) is 5.91 Å². The lowest BCUT2D eigenvalue weighted by Crippen LogP contribution is -2.13. The quantitative estimate of drug-likeness (QED) is 0.318. The zero-order valence-corrected chi connectivity index (χ0v) is 19.8. The van der Waals surface area contributed by atoms with Crippen molar-refractivity contribution in [3.05, 3.63) is 73.2 Å². The molecule has 4 aromatic rings. The highest BCUT2D eigenvalue weighted by atomic mass is 35.5. The number of anilines is 1. The van der Waals surface area contributed by atoms with Crippen LogP contribution in [0.1, 0.15) is 26.6 Å². The second-order valence-electron chi connectivity index (χ2n) is 6.90. The smallest absolute Gasteiger partial charge is 0.263 e. The van der Waals surface area contributed by atoms with E-state index >= 15 is 0 Å². The van der Waals surface area contributed by atoms with Gasteiger partial charge in [-0.3, -0.25) is 10.1 Å². The lowest BCUT2D eigenvalue weighted by Gasteiger charge is -2.06. The fraction of sp³-hybridized carbons (Fsp3) is 0.136. The Morgan fingerprint density at radius 3 is 2.39 bits per heavy atom. The molecule has 0 atom stereocenters. The number of aromatic nitrogens is 2. The molecule has 0 aliphatic heterocycles. The highest BCUT2D eigenvalue weighted by Crippen LogP contribution is 2.38. The van der Waals surface area contributed by atoms with Crippen molar-refractivity contribution in [1.82, 2.24) is 10.1 Å². The van der Waals surface area contributed by atoms with E-state index in [0.29, 0.717) is 31.5 Å². The topological polar surface area (TPSA) is 68.0 Å². The molecule has 2 aromatic carbocycles. The number of rotatable bonds is 4. The molecule has 0 saturated heterocycles. The zero-order chi connectivity index (χ0) is 22.3. The third-order valence-electron chi connectivity index (χ3n) is 4.75. The molecule has 1 amide bonds. The Morgan fingerprint density at radius 2 is 1.71 bits per heavy atom. The van der Waals surface area contributed by atoms with Crippen molar-refractivity contribution in [3.8, 4) is 22.5 Å². The van der Waals surface area contributed by atoms with Crippen LogP contribution in [0, 0.1) is 20.8 Å². The summed E-state index contributed by atoms with van der Waals surface area (Å²) in [6.45, 7) is 5.54. The zero-order valence-electron chi connectivity index (χ0n) is 16.7. The molecular weight excluding hydrogens is 477 g/mol. The van der Waals surface area contributed by atoms with Crippen LogP contribution in [0.15, 0.2) is 40.9 Å². The predicted octanol–water partition coefficient (Wildman–Crippen LogP) is 7.60. The fourth-order valence-electron chi connectivity index (χ4n) is 3.15. The van der Waals surface area contributed by atoms with Crippen LogP contribution in [0.3, 0.4) is 0 Å². The Hall–Kier alpha value is -2.38. The van der Waals surface area contributed by atoms with E-state index in [-0.39, 0.29) is 11.3 Å². The van der Waals surface area contributed by atoms with Crippen LogP contribution in [-0.4, -0.2) is 16.0 Å². The summed E-state index contributed by atoms with van der Waals surface area (Å²) >= 11 is 20.2. The molecule has 0 spiro atoms. The highest BCUT2D eigenvalue weighted by Gasteiger charge is 2.26. The van der Waals surface area contributed by atoms with Crippen LogP contribution in [0.4, 0.5) is 5.13 Å². The first-order valence-corrected chi connectivity index (χ1v) is 11.2. The third-order valence-corrected chi connectivity index (χ3v) is 6.68. The normalized spacial score (nSPS) is 11.0. The van der Waals surface area contributed by atoms with Gasteiger partial charge in [0.05, 0.1) is 15.7 Å². The number of amides is 1. The second-order valence-corrected chi connectivity index (χ2v) is 9.33. The van der Waals surface area contributed by atoms with Crippen LogP contribution in [0.25, 0.3) is 22.5 Å². The molecule has 4 rings (SSSR count). The Kier molecular flexibility index (Phi) is 6.08. The van der Waals surface area contributed by atoms with E-state index in [4.69, 9.17) is 39.3 Å².